The summed E-state index contributed by atoms with van der Waals surface area (Å²) < 4.78 is 1.82. The number of hydrogen-bond acceptors (Lipinski definition) is 4. The van der Waals surface area contributed by atoms with Gasteiger partial charge in [-0.2, -0.15) is 0 Å². The zero-order chi connectivity index (χ0) is 14.7. The molecule has 0 saturated carbocycles. The topological polar surface area (TPSA) is 51.0 Å². The highest BCUT2D eigenvalue weighted by molar-refractivity contribution is 8.00. The van der Waals surface area contributed by atoms with Crippen LogP contribution in [0.1, 0.15) is 6.92 Å². The van der Waals surface area contributed by atoms with E-state index in [0.29, 0.717) is 10.2 Å². The van der Waals surface area contributed by atoms with Crippen LogP contribution in [0, 0.1) is 0 Å². The molecular weight excluding hydrogens is 296 g/mol. The van der Waals surface area contributed by atoms with Crippen molar-refractivity contribution in [3.8, 4) is 5.69 Å². The summed E-state index contributed by atoms with van der Waals surface area (Å²) in [6.07, 6.45) is 1.61. The molecule has 7 heteroatoms. The lowest BCUT2D eigenvalue weighted by atomic mass is 10.3. The molecule has 0 aliphatic carbocycles. The normalized spacial score (nSPS) is 12.2. The second-order valence-corrected chi connectivity index (χ2v) is 6.20. The fraction of sp³-hybridized carbons (Fsp3) is 0.308. The first-order valence-electron chi connectivity index (χ1n) is 6.03. The molecule has 0 saturated heterocycles. The Kier molecular flexibility index (Phi) is 4.67. The van der Waals surface area contributed by atoms with E-state index in [-0.39, 0.29) is 11.2 Å². The fourth-order valence-electron chi connectivity index (χ4n) is 1.68. The van der Waals surface area contributed by atoms with Gasteiger partial charge in [0.2, 0.25) is 5.91 Å². The number of benzene rings is 1. The van der Waals surface area contributed by atoms with Crippen molar-refractivity contribution >= 4 is 29.3 Å². The van der Waals surface area contributed by atoms with Gasteiger partial charge in [0.15, 0.2) is 5.16 Å². The van der Waals surface area contributed by atoms with E-state index >= 15 is 0 Å². The van der Waals surface area contributed by atoms with E-state index < -0.39 is 0 Å². The van der Waals surface area contributed by atoms with E-state index in [4.69, 9.17) is 11.6 Å². The number of hydrogen-bond donors (Lipinski definition) is 0. The highest BCUT2D eigenvalue weighted by atomic mass is 35.5. The van der Waals surface area contributed by atoms with Crippen molar-refractivity contribution in [1.29, 1.82) is 0 Å². The van der Waals surface area contributed by atoms with E-state index in [1.54, 1.807) is 31.4 Å². The largest absolute Gasteiger partial charge is 0.348 e. The molecule has 1 aromatic carbocycles. The van der Waals surface area contributed by atoms with E-state index in [1.807, 2.05) is 29.7 Å². The van der Waals surface area contributed by atoms with Crippen molar-refractivity contribution in [3.63, 3.8) is 0 Å². The summed E-state index contributed by atoms with van der Waals surface area (Å²) >= 11 is 7.36. The first kappa shape index (κ1) is 14.9. The maximum Gasteiger partial charge on any atom is 0.235 e. The number of aromatic nitrogens is 3. The molecule has 0 aliphatic rings. The van der Waals surface area contributed by atoms with Crippen molar-refractivity contribution in [2.45, 2.75) is 17.3 Å². The van der Waals surface area contributed by atoms with Crippen LogP contribution in [-0.4, -0.2) is 44.9 Å². The summed E-state index contributed by atoms with van der Waals surface area (Å²) in [5.41, 5.74) is 0.870. The second kappa shape index (κ2) is 6.28. The van der Waals surface area contributed by atoms with E-state index in [2.05, 4.69) is 10.2 Å². The molecule has 5 nitrogen and oxygen atoms in total. The van der Waals surface area contributed by atoms with Gasteiger partial charge in [0.25, 0.3) is 0 Å². The van der Waals surface area contributed by atoms with Crippen LogP contribution in [0.25, 0.3) is 5.69 Å². The molecule has 0 radical (unpaired) electrons. The molecule has 106 valence electrons. The maximum absolute atomic E-state index is 11.9. The van der Waals surface area contributed by atoms with E-state index in [0.717, 1.165) is 5.69 Å². The Labute approximate surface area is 126 Å². The maximum atomic E-state index is 11.9. The fourth-order valence-corrected chi connectivity index (χ4v) is 2.85. The predicted octanol–water partition coefficient (Wildman–Crippen LogP) is 2.49. The average Bonchev–Trinajstić information content (AvgIpc) is 2.85. The minimum atomic E-state index is -0.230. The molecule has 1 aromatic heterocycles. The third-order valence-corrected chi connectivity index (χ3v) is 3.95. The summed E-state index contributed by atoms with van der Waals surface area (Å²) in [6, 6.07) is 7.41. The monoisotopic (exact) mass is 310 g/mol. The lowest BCUT2D eigenvalue weighted by Gasteiger charge is -2.16. The molecule has 1 atom stereocenters. The Balaban J connectivity index is 2.23. The zero-order valence-electron chi connectivity index (χ0n) is 11.4. The average molecular weight is 311 g/mol. The number of amides is 1. The minimum absolute atomic E-state index is 0.0376. The van der Waals surface area contributed by atoms with Gasteiger partial charge in [-0.25, -0.2) is 0 Å². The van der Waals surface area contributed by atoms with Crippen LogP contribution in [0.3, 0.4) is 0 Å². The number of carbonyl (C=O) groups is 1. The highest BCUT2D eigenvalue weighted by Gasteiger charge is 2.19. The van der Waals surface area contributed by atoms with Crippen LogP contribution in [-0.2, 0) is 4.79 Å². The van der Waals surface area contributed by atoms with Crippen LogP contribution < -0.4 is 0 Å². The summed E-state index contributed by atoms with van der Waals surface area (Å²) in [6.45, 7) is 1.85. The molecule has 0 fully saturated rings. The lowest BCUT2D eigenvalue weighted by molar-refractivity contribution is -0.127. The lowest BCUT2D eigenvalue weighted by Crippen LogP contribution is -2.29. The van der Waals surface area contributed by atoms with Gasteiger partial charge in [0.1, 0.15) is 6.33 Å². The smallest absolute Gasteiger partial charge is 0.235 e. The summed E-state index contributed by atoms with van der Waals surface area (Å²) in [5.74, 6) is 0.0376. The van der Waals surface area contributed by atoms with Gasteiger partial charge in [0.05, 0.1) is 10.9 Å². The standard InChI is InChI=1S/C13H15ClN4OS/c1-9(12(19)17(2)3)20-13-16-15-8-18(13)11-6-4-5-10(14)7-11/h4-9H,1-3H3. The van der Waals surface area contributed by atoms with Crippen LogP contribution in [0.4, 0.5) is 0 Å². The van der Waals surface area contributed by atoms with Crippen LogP contribution in [0.5, 0.6) is 0 Å². The Morgan fingerprint density at radius 1 is 1.45 bits per heavy atom. The van der Waals surface area contributed by atoms with Gasteiger partial charge in [-0.05, 0) is 25.1 Å². The molecule has 20 heavy (non-hydrogen) atoms. The summed E-state index contributed by atoms with van der Waals surface area (Å²) in [4.78, 5) is 13.5. The van der Waals surface area contributed by atoms with Gasteiger partial charge in [0, 0.05) is 19.1 Å². The number of carbonyl (C=O) groups excluding carboxylic acids is 1. The SMILES string of the molecule is CC(Sc1nncn1-c1cccc(Cl)c1)C(=O)N(C)C. The zero-order valence-corrected chi connectivity index (χ0v) is 13.0. The quantitative estimate of drug-likeness (QED) is 0.814. The first-order chi connectivity index (χ1) is 9.49. The van der Waals surface area contributed by atoms with Gasteiger partial charge in [-0.1, -0.05) is 29.4 Å². The Bertz CT molecular complexity index is 614. The predicted molar refractivity (Wildman–Crippen MR) is 80.4 cm³/mol. The van der Waals surface area contributed by atoms with E-state index in [9.17, 15) is 4.79 Å². The molecule has 2 rings (SSSR count). The molecule has 1 heterocycles. The van der Waals surface area contributed by atoms with Crippen molar-refractivity contribution in [2.24, 2.45) is 0 Å². The number of halogens is 1. The first-order valence-corrected chi connectivity index (χ1v) is 7.28. The van der Waals surface area contributed by atoms with E-state index in [1.165, 1.54) is 11.8 Å². The van der Waals surface area contributed by atoms with Crippen LogP contribution in [0.2, 0.25) is 5.02 Å². The van der Waals surface area contributed by atoms with Crippen molar-refractivity contribution in [3.05, 3.63) is 35.6 Å². The van der Waals surface area contributed by atoms with Crippen LogP contribution >= 0.6 is 23.4 Å². The Morgan fingerprint density at radius 3 is 2.85 bits per heavy atom. The molecule has 0 spiro atoms. The van der Waals surface area contributed by atoms with Crippen molar-refractivity contribution in [2.75, 3.05) is 14.1 Å². The molecule has 1 unspecified atom stereocenters. The molecule has 2 aromatic rings. The Hall–Kier alpha value is -1.53. The van der Waals surface area contributed by atoms with Crippen molar-refractivity contribution in [1.82, 2.24) is 19.7 Å². The third-order valence-electron chi connectivity index (χ3n) is 2.67. The number of thioether (sulfide) groups is 1. The van der Waals surface area contributed by atoms with Gasteiger partial charge in [-0.15, -0.1) is 10.2 Å². The highest BCUT2D eigenvalue weighted by Crippen LogP contribution is 2.25. The van der Waals surface area contributed by atoms with Gasteiger partial charge < -0.3 is 4.90 Å². The Morgan fingerprint density at radius 2 is 2.20 bits per heavy atom. The molecule has 1 amide bonds. The van der Waals surface area contributed by atoms with Crippen molar-refractivity contribution < 1.29 is 4.79 Å². The van der Waals surface area contributed by atoms with Gasteiger partial charge >= 0.3 is 0 Å². The number of nitrogens with zero attached hydrogens (tertiary/aromatic N) is 4. The van der Waals surface area contributed by atoms with Gasteiger partial charge in [-0.3, -0.25) is 9.36 Å². The minimum Gasteiger partial charge on any atom is -0.348 e. The molecule has 0 aliphatic heterocycles. The summed E-state index contributed by atoms with van der Waals surface area (Å²) in [7, 11) is 3.47. The third kappa shape index (κ3) is 3.32. The molecule has 0 N–H and O–H groups in total. The molecular formula is C13H15ClN4OS. The molecule has 0 bridgehead atoms. The van der Waals surface area contributed by atoms with Crippen LogP contribution in [0.15, 0.2) is 35.7 Å². The number of rotatable bonds is 4. The second-order valence-electron chi connectivity index (χ2n) is 4.46. The summed E-state index contributed by atoms with van der Waals surface area (Å²) in [5, 5.41) is 9.05.